The molecule has 1 aromatic heterocycles. The van der Waals surface area contributed by atoms with Crippen molar-refractivity contribution in [1.82, 2.24) is 4.57 Å². The van der Waals surface area contributed by atoms with E-state index >= 15 is 0 Å². The zero-order chi connectivity index (χ0) is 14.7. The number of hydrogen-bond donors (Lipinski definition) is 0. The zero-order valence-electron chi connectivity index (χ0n) is 10.7. The summed E-state index contributed by atoms with van der Waals surface area (Å²) in [5.74, 6) is -0.421. The number of esters is 1. The zero-order valence-corrected chi connectivity index (χ0v) is 13.0. The summed E-state index contributed by atoms with van der Waals surface area (Å²) < 4.78 is 6.40. The molecule has 1 aromatic carbocycles. The van der Waals surface area contributed by atoms with Crippen LogP contribution in [-0.2, 0) is 17.2 Å². The predicted molar refractivity (Wildman–Crippen MR) is 80.9 cm³/mol. The normalized spacial score (nSPS) is 10.6. The maximum absolute atomic E-state index is 12.0. The molecular formula is C14H12Cl3NO2. The first-order chi connectivity index (χ1) is 9.60. The van der Waals surface area contributed by atoms with Gasteiger partial charge in [0, 0.05) is 12.1 Å². The van der Waals surface area contributed by atoms with Crippen molar-refractivity contribution < 1.29 is 9.53 Å². The van der Waals surface area contributed by atoms with Crippen molar-refractivity contribution in [3.63, 3.8) is 0 Å². The van der Waals surface area contributed by atoms with Gasteiger partial charge in [0.25, 0.3) is 0 Å². The van der Waals surface area contributed by atoms with E-state index < -0.39 is 5.97 Å². The van der Waals surface area contributed by atoms with E-state index in [4.69, 9.17) is 39.5 Å². The lowest BCUT2D eigenvalue weighted by Crippen LogP contribution is -2.13. The van der Waals surface area contributed by atoms with E-state index in [-0.39, 0.29) is 16.1 Å². The molecule has 0 bridgehead atoms. The van der Waals surface area contributed by atoms with Crippen LogP contribution in [0.3, 0.4) is 0 Å². The van der Waals surface area contributed by atoms with Crippen LogP contribution in [0.1, 0.15) is 21.6 Å². The number of aromatic nitrogens is 1. The molecule has 3 nitrogen and oxygen atoms in total. The van der Waals surface area contributed by atoms with Gasteiger partial charge in [-0.25, -0.2) is 4.79 Å². The second-order valence-corrected chi connectivity index (χ2v) is 5.13. The van der Waals surface area contributed by atoms with E-state index in [9.17, 15) is 4.79 Å². The van der Waals surface area contributed by atoms with Gasteiger partial charge >= 0.3 is 5.97 Å². The third kappa shape index (κ3) is 2.80. The number of ether oxygens (including phenoxy) is 1. The van der Waals surface area contributed by atoms with Crippen LogP contribution in [0.4, 0.5) is 0 Å². The Balaban J connectivity index is 2.54. The van der Waals surface area contributed by atoms with Crippen molar-refractivity contribution >= 4 is 40.8 Å². The highest BCUT2D eigenvalue weighted by atomic mass is 35.5. The number of alkyl halides is 1. The Morgan fingerprint density at radius 2 is 1.90 bits per heavy atom. The van der Waals surface area contributed by atoms with Crippen LogP contribution < -0.4 is 0 Å². The van der Waals surface area contributed by atoms with Crippen molar-refractivity contribution in [1.29, 1.82) is 0 Å². The number of benzene rings is 1. The molecule has 1 heterocycles. The van der Waals surface area contributed by atoms with E-state index in [1.165, 1.54) is 7.11 Å². The summed E-state index contributed by atoms with van der Waals surface area (Å²) >= 11 is 18.2. The minimum absolute atomic E-state index is 0.0881. The van der Waals surface area contributed by atoms with Gasteiger partial charge in [-0.05, 0) is 5.56 Å². The van der Waals surface area contributed by atoms with Crippen LogP contribution in [0.25, 0.3) is 0 Å². The summed E-state index contributed by atoms with van der Waals surface area (Å²) in [5.41, 5.74) is 1.77. The number of carbonyl (C=O) groups excluding carboxylic acids is 1. The monoisotopic (exact) mass is 331 g/mol. The van der Waals surface area contributed by atoms with Crippen LogP contribution >= 0.6 is 34.8 Å². The van der Waals surface area contributed by atoms with Crippen LogP contribution in [0, 0.1) is 0 Å². The number of hydrogen-bond acceptors (Lipinski definition) is 2. The first-order valence-corrected chi connectivity index (χ1v) is 7.13. The summed E-state index contributed by atoms with van der Waals surface area (Å²) in [7, 11) is 1.31. The average molecular weight is 333 g/mol. The fourth-order valence-corrected chi connectivity index (χ4v) is 2.82. The van der Waals surface area contributed by atoms with Crippen molar-refractivity contribution in [2.45, 2.75) is 12.4 Å². The van der Waals surface area contributed by atoms with E-state index in [2.05, 4.69) is 0 Å². The average Bonchev–Trinajstić information content (AvgIpc) is 2.72. The van der Waals surface area contributed by atoms with Gasteiger partial charge in [-0.2, -0.15) is 0 Å². The van der Waals surface area contributed by atoms with Crippen LogP contribution in [0.5, 0.6) is 0 Å². The smallest absolute Gasteiger partial charge is 0.355 e. The predicted octanol–water partition coefficient (Wildman–Crippen LogP) is 4.37. The molecule has 106 valence electrons. The highest BCUT2D eigenvalue weighted by molar-refractivity contribution is 6.43. The highest BCUT2D eigenvalue weighted by Crippen LogP contribution is 2.34. The molecule has 0 saturated carbocycles. The molecule has 6 heteroatoms. The summed E-state index contributed by atoms with van der Waals surface area (Å²) in [6.45, 7) is 0.417. The van der Waals surface area contributed by atoms with Gasteiger partial charge < -0.3 is 9.30 Å². The van der Waals surface area contributed by atoms with Gasteiger partial charge in [-0.15, -0.1) is 11.6 Å². The fraction of sp³-hybridized carbons (Fsp3) is 0.214. The standard InChI is InChI=1S/C14H12Cl3NO2/c1-20-14(19)12-10(7-15)11(16)13(17)18(12)8-9-5-3-2-4-6-9/h2-6H,7-8H2,1H3. The van der Waals surface area contributed by atoms with Gasteiger partial charge in [0.05, 0.1) is 18.0 Å². The molecule has 20 heavy (non-hydrogen) atoms. The second kappa shape index (κ2) is 6.53. The fourth-order valence-electron chi connectivity index (χ4n) is 1.97. The Bertz CT molecular complexity index is 623. The van der Waals surface area contributed by atoms with Crippen molar-refractivity contribution in [3.8, 4) is 0 Å². The molecule has 0 spiro atoms. The maximum Gasteiger partial charge on any atom is 0.355 e. The van der Waals surface area contributed by atoms with Crippen LogP contribution in [0.15, 0.2) is 30.3 Å². The topological polar surface area (TPSA) is 31.2 Å². The molecule has 0 amide bonds. The molecule has 0 aliphatic rings. The molecule has 0 aliphatic heterocycles. The SMILES string of the molecule is COC(=O)c1c(CCl)c(Cl)c(Cl)n1Cc1ccccc1. The van der Waals surface area contributed by atoms with Crippen LogP contribution in [0.2, 0.25) is 10.2 Å². The van der Waals surface area contributed by atoms with Crippen molar-refractivity contribution in [2.75, 3.05) is 7.11 Å². The van der Waals surface area contributed by atoms with Crippen molar-refractivity contribution in [3.05, 3.63) is 57.3 Å². The van der Waals surface area contributed by atoms with E-state index in [0.29, 0.717) is 17.8 Å². The lowest BCUT2D eigenvalue weighted by atomic mass is 10.2. The Kier molecular flexibility index (Phi) is 4.97. The summed E-state index contributed by atoms with van der Waals surface area (Å²) in [5, 5.41) is 0.574. The third-order valence-corrected chi connectivity index (χ3v) is 4.10. The molecule has 0 atom stereocenters. The minimum atomic E-state index is -0.509. The molecular weight excluding hydrogens is 321 g/mol. The molecule has 2 aromatic rings. The van der Waals surface area contributed by atoms with E-state index in [1.54, 1.807) is 4.57 Å². The van der Waals surface area contributed by atoms with Gasteiger partial charge in [-0.3, -0.25) is 0 Å². The van der Waals surface area contributed by atoms with E-state index in [0.717, 1.165) is 5.56 Å². The summed E-state index contributed by atoms with van der Waals surface area (Å²) in [4.78, 5) is 12.0. The van der Waals surface area contributed by atoms with Gasteiger partial charge in [0.1, 0.15) is 10.8 Å². The minimum Gasteiger partial charge on any atom is -0.464 e. The first kappa shape index (κ1) is 15.2. The molecule has 0 N–H and O–H groups in total. The molecule has 0 aliphatic carbocycles. The van der Waals surface area contributed by atoms with Crippen molar-refractivity contribution in [2.24, 2.45) is 0 Å². The largest absolute Gasteiger partial charge is 0.464 e. The molecule has 2 rings (SSSR count). The Morgan fingerprint density at radius 1 is 1.25 bits per heavy atom. The second-order valence-electron chi connectivity index (χ2n) is 4.13. The number of halogens is 3. The van der Waals surface area contributed by atoms with Gasteiger partial charge in [0.15, 0.2) is 0 Å². The molecule has 0 fully saturated rings. The summed E-state index contributed by atoms with van der Waals surface area (Å²) in [6.07, 6.45) is 0. The Hall–Kier alpha value is -1.16. The Labute approximate surface area is 132 Å². The molecule has 0 unspecified atom stereocenters. The van der Waals surface area contributed by atoms with Crippen LogP contribution in [-0.4, -0.2) is 17.6 Å². The molecule has 0 saturated heterocycles. The Morgan fingerprint density at radius 3 is 2.45 bits per heavy atom. The third-order valence-electron chi connectivity index (χ3n) is 2.93. The van der Waals surface area contributed by atoms with Gasteiger partial charge in [-0.1, -0.05) is 53.5 Å². The number of methoxy groups -OCH3 is 1. The molecule has 0 radical (unpaired) electrons. The van der Waals surface area contributed by atoms with E-state index in [1.807, 2.05) is 30.3 Å². The quantitative estimate of drug-likeness (QED) is 0.615. The lowest BCUT2D eigenvalue weighted by molar-refractivity contribution is 0.0588. The number of nitrogens with zero attached hydrogens (tertiary/aromatic N) is 1. The highest BCUT2D eigenvalue weighted by Gasteiger charge is 2.25. The summed E-state index contributed by atoms with van der Waals surface area (Å²) in [6, 6.07) is 9.61. The maximum atomic E-state index is 12.0. The van der Waals surface area contributed by atoms with Gasteiger partial charge in [0.2, 0.25) is 0 Å². The lowest BCUT2D eigenvalue weighted by Gasteiger charge is -2.10. The number of rotatable bonds is 4. The number of carbonyl (C=O) groups is 1. The first-order valence-electron chi connectivity index (χ1n) is 5.84.